The van der Waals surface area contributed by atoms with Gasteiger partial charge in [0.2, 0.25) is 5.91 Å². The van der Waals surface area contributed by atoms with Gasteiger partial charge in [0, 0.05) is 25.6 Å². The van der Waals surface area contributed by atoms with E-state index in [9.17, 15) is 4.79 Å². The van der Waals surface area contributed by atoms with Gasteiger partial charge in [-0.1, -0.05) is 0 Å². The molecule has 0 unspecified atom stereocenters. The van der Waals surface area contributed by atoms with Gasteiger partial charge in [0.1, 0.15) is 5.82 Å². The molecular weight excluding hydrogens is 218 g/mol. The number of unbranched alkanes of at least 4 members (excludes halogenated alkanes) is 1. The fraction of sp³-hybridized carbons (Fsp3) is 0.636. The Kier molecular flexibility index (Phi) is 4.11. The van der Waals surface area contributed by atoms with Crippen molar-refractivity contribution >= 4 is 11.7 Å². The van der Waals surface area contributed by atoms with E-state index in [2.05, 4.69) is 15.7 Å². The number of rotatable bonds is 6. The topological polar surface area (TPSA) is 85.0 Å². The Hall–Kier alpha value is -1.40. The standard InChI is InChI=1S/C11H19N5O/c12-5-2-1-3-11(17)15-10-4-6-14-16(10)9-7-13-8-9/h4,6,9,13H,1-3,5,7-8,12H2,(H,15,17). The van der Waals surface area contributed by atoms with E-state index in [1.54, 1.807) is 6.20 Å². The molecule has 0 saturated carbocycles. The zero-order valence-corrected chi connectivity index (χ0v) is 9.85. The Morgan fingerprint density at radius 1 is 1.59 bits per heavy atom. The van der Waals surface area contributed by atoms with Crippen molar-refractivity contribution in [2.75, 3.05) is 25.0 Å². The van der Waals surface area contributed by atoms with Crippen LogP contribution >= 0.6 is 0 Å². The van der Waals surface area contributed by atoms with E-state index in [-0.39, 0.29) is 5.91 Å². The number of hydrogen-bond donors (Lipinski definition) is 3. The number of carbonyl (C=O) groups is 1. The Balaban J connectivity index is 1.85. The maximum absolute atomic E-state index is 11.7. The highest BCUT2D eigenvalue weighted by Crippen LogP contribution is 2.17. The summed E-state index contributed by atoms with van der Waals surface area (Å²) in [6.07, 6.45) is 3.96. The highest BCUT2D eigenvalue weighted by Gasteiger charge is 2.21. The molecule has 1 saturated heterocycles. The van der Waals surface area contributed by atoms with Crippen molar-refractivity contribution in [3.8, 4) is 0 Å². The summed E-state index contributed by atoms with van der Waals surface area (Å²) < 4.78 is 1.87. The fourth-order valence-electron chi connectivity index (χ4n) is 1.79. The predicted octanol–water partition coefficient (Wildman–Crippen LogP) is 0.0949. The average Bonchev–Trinajstić information content (AvgIpc) is 2.64. The summed E-state index contributed by atoms with van der Waals surface area (Å²) in [4.78, 5) is 11.7. The second-order valence-corrected chi connectivity index (χ2v) is 4.27. The molecule has 1 fully saturated rings. The molecular formula is C11H19N5O. The van der Waals surface area contributed by atoms with Crippen LogP contribution in [0.1, 0.15) is 25.3 Å². The number of nitrogens with zero attached hydrogens (tertiary/aromatic N) is 2. The summed E-state index contributed by atoms with van der Waals surface area (Å²) in [6, 6.07) is 2.20. The molecule has 1 aliphatic heterocycles. The van der Waals surface area contributed by atoms with E-state index in [1.807, 2.05) is 10.7 Å². The second-order valence-electron chi connectivity index (χ2n) is 4.27. The molecule has 4 N–H and O–H groups in total. The number of carbonyl (C=O) groups excluding carboxylic acids is 1. The molecule has 6 nitrogen and oxygen atoms in total. The molecule has 0 aliphatic carbocycles. The summed E-state index contributed by atoms with van der Waals surface area (Å²) >= 11 is 0. The summed E-state index contributed by atoms with van der Waals surface area (Å²) in [7, 11) is 0. The Bertz CT molecular complexity index is 372. The third-order valence-corrected chi connectivity index (χ3v) is 2.90. The fourth-order valence-corrected chi connectivity index (χ4v) is 1.79. The van der Waals surface area contributed by atoms with Crippen LogP contribution < -0.4 is 16.4 Å². The van der Waals surface area contributed by atoms with Crippen LogP contribution in [0.15, 0.2) is 12.3 Å². The monoisotopic (exact) mass is 237 g/mol. The zero-order chi connectivity index (χ0) is 12.1. The molecule has 0 aromatic carbocycles. The van der Waals surface area contributed by atoms with Crippen LogP contribution in [0.5, 0.6) is 0 Å². The minimum absolute atomic E-state index is 0.0347. The highest BCUT2D eigenvalue weighted by molar-refractivity contribution is 5.89. The second kappa shape index (κ2) is 5.79. The lowest BCUT2D eigenvalue weighted by Crippen LogP contribution is -2.44. The normalized spacial score (nSPS) is 15.6. The third kappa shape index (κ3) is 3.04. The number of amides is 1. The first-order valence-corrected chi connectivity index (χ1v) is 6.05. The maximum Gasteiger partial charge on any atom is 0.225 e. The van der Waals surface area contributed by atoms with Crippen molar-refractivity contribution in [2.45, 2.75) is 25.3 Å². The van der Waals surface area contributed by atoms with Gasteiger partial charge in [-0.3, -0.25) is 4.79 Å². The van der Waals surface area contributed by atoms with Crippen LogP contribution in [0.25, 0.3) is 0 Å². The number of aromatic nitrogens is 2. The lowest BCUT2D eigenvalue weighted by atomic mass is 10.2. The lowest BCUT2D eigenvalue weighted by molar-refractivity contribution is -0.116. The minimum atomic E-state index is 0.0347. The van der Waals surface area contributed by atoms with Crippen LogP contribution in [0, 0.1) is 0 Å². The third-order valence-electron chi connectivity index (χ3n) is 2.90. The molecule has 1 aliphatic rings. The molecule has 6 heteroatoms. The first kappa shape index (κ1) is 12.1. The van der Waals surface area contributed by atoms with Crippen LogP contribution in [0.3, 0.4) is 0 Å². The van der Waals surface area contributed by atoms with Gasteiger partial charge in [-0.2, -0.15) is 5.10 Å². The van der Waals surface area contributed by atoms with E-state index in [1.165, 1.54) is 0 Å². The molecule has 0 spiro atoms. The molecule has 0 atom stereocenters. The van der Waals surface area contributed by atoms with E-state index in [0.29, 0.717) is 19.0 Å². The van der Waals surface area contributed by atoms with Gasteiger partial charge < -0.3 is 16.4 Å². The SMILES string of the molecule is NCCCCC(=O)Nc1ccnn1C1CNC1. The number of hydrogen-bond acceptors (Lipinski definition) is 4. The number of nitrogens with one attached hydrogen (secondary N) is 2. The van der Waals surface area contributed by atoms with Gasteiger partial charge in [-0.25, -0.2) is 4.68 Å². The van der Waals surface area contributed by atoms with Crippen molar-refractivity contribution < 1.29 is 4.79 Å². The van der Waals surface area contributed by atoms with Gasteiger partial charge in [0.25, 0.3) is 0 Å². The molecule has 17 heavy (non-hydrogen) atoms. The summed E-state index contributed by atoms with van der Waals surface area (Å²) in [5.41, 5.74) is 5.39. The summed E-state index contributed by atoms with van der Waals surface area (Å²) in [5, 5.41) is 10.3. The van der Waals surface area contributed by atoms with E-state index < -0.39 is 0 Å². The van der Waals surface area contributed by atoms with E-state index >= 15 is 0 Å². The van der Waals surface area contributed by atoms with Crippen molar-refractivity contribution in [2.24, 2.45) is 5.73 Å². The molecule has 0 radical (unpaired) electrons. The maximum atomic E-state index is 11.7. The molecule has 1 aromatic rings. The van der Waals surface area contributed by atoms with Crippen molar-refractivity contribution in [3.63, 3.8) is 0 Å². The average molecular weight is 237 g/mol. The van der Waals surface area contributed by atoms with E-state index in [4.69, 9.17) is 5.73 Å². The van der Waals surface area contributed by atoms with Crippen LogP contribution in [0.2, 0.25) is 0 Å². The van der Waals surface area contributed by atoms with Crippen molar-refractivity contribution in [3.05, 3.63) is 12.3 Å². The minimum Gasteiger partial charge on any atom is -0.330 e. The zero-order valence-electron chi connectivity index (χ0n) is 9.85. The Morgan fingerprint density at radius 3 is 3.06 bits per heavy atom. The molecule has 2 heterocycles. The smallest absolute Gasteiger partial charge is 0.225 e. The number of nitrogens with two attached hydrogens (primary N) is 1. The van der Waals surface area contributed by atoms with Crippen LogP contribution in [0.4, 0.5) is 5.82 Å². The van der Waals surface area contributed by atoms with Gasteiger partial charge in [0.15, 0.2) is 0 Å². The summed E-state index contributed by atoms with van der Waals surface area (Å²) in [6.45, 7) is 2.47. The Labute approximate surface area is 101 Å². The van der Waals surface area contributed by atoms with Crippen molar-refractivity contribution in [1.29, 1.82) is 0 Å². The molecule has 2 rings (SSSR count). The quantitative estimate of drug-likeness (QED) is 0.612. The highest BCUT2D eigenvalue weighted by atomic mass is 16.1. The lowest BCUT2D eigenvalue weighted by Gasteiger charge is -2.28. The van der Waals surface area contributed by atoms with Gasteiger partial charge in [-0.05, 0) is 19.4 Å². The first-order chi connectivity index (χ1) is 8.31. The van der Waals surface area contributed by atoms with Crippen molar-refractivity contribution in [1.82, 2.24) is 15.1 Å². The van der Waals surface area contributed by atoms with Gasteiger partial charge in [0.05, 0.1) is 12.2 Å². The first-order valence-electron chi connectivity index (χ1n) is 6.05. The van der Waals surface area contributed by atoms with Gasteiger partial charge in [-0.15, -0.1) is 0 Å². The summed E-state index contributed by atoms with van der Waals surface area (Å²) in [5.74, 6) is 0.821. The predicted molar refractivity (Wildman–Crippen MR) is 65.7 cm³/mol. The van der Waals surface area contributed by atoms with Crippen LogP contribution in [-0.4, -0.2) is 35.3 Å². The van der Waals surface area contributed by atoms with Gasteiger partial charge >= 0.3 is 0 Å². The van der Waals surface area contributed by atoms with Crippen LogP contribution in [-0.2, 0) is 4.79 Å². The molecule has 1 amide bonds. The molecule has 1 aromatic heterocycles. The number of anilines is 1. The molecule has 94 valence electrons. The molecule has 0 bridgehead atoms. The largest absolute Gasteiger partial charge is 0.330 e. The Morgan fingerprint density at radius 2 is 2.41 bits per heavy atom. The van der Waals surface area contributed by atoms with E-state index in [0.717, 1.165) is 31.7 Å².